The molecule has 5 nitrogen and oxygen atoms in total. The highest BCUT2D eigenvalue weighted by Gasteiger charge is 2.14. The van der Waals surface area contributed by atoms with Gasteiger partial charge in [-0.3, -0.25) is 4.79 Å². The zero-order chi connectivity index (χ0) is 14.0. The summed E-state index contributed by atoms with van der Waals surface area (Å²) in [4.78, 5) is 12.0. The van der Waals surface area contributed by atoms with Crippen LogP contribution in [0.4, 0.5) is 5.69 Å². The highest BCUT2D eigenvalue weighted by Crippen LogP contribution is 2.28. The molecule has 19 heavy (non-hydrogen) atoms. The zero-order valence-corrected chi connectivity index (χ0v) is 11.5. The third kappa shape index (κ3) is 3.19. The van der Waals surface area contributed by atoms with Gasteiger partial charge in [0.25, 0.3) is 5.91 Å². The topological polar surface area (TPSA) is 81.2 Å². The second-order valence-electron chi connectivity index (χ2n) is 3.98. The molecule has 0 saturated heterocycles. The van der Waals surface area contributed by atoms with Gasteiger partial charge in [-0.05, 0) is 19.1 Å². The maximum Gasteiger partial charge on any atom is 0.253 e. The number of hydrogen-bond acceptors (Lipinski definition) is 4. The molecule has 0 atom stereocenters. The van der Waals surface area contributed by atoms with E-state index < -0.39 is 0 Å². The number of rotatable bonds is 3. The number of nitrogens with one attached hydrogen (secondary N) is 1. The number of hydrogen-bond donors (Lipinski definition) is 2. The number of carbonyl (C=O) groups excluding carboxylic acids is 1. The summed E-state index contributed by atoms with van der Waals surface area (Å²) in [5.41, 5.74) is 6.97. The molecule has 0 aliphatic rings. The molecule has 0 unspecified atom stereocenters. The largest absolute Gasteiger partial charge is 0.399 e. The molecule has 0 fully saturated rings. The van der Waals surface area contributed by atoms with Crippen LogP contribution in [0.2, 0.25) is 10.0 Å². The van der Waals surface area contributed by atoms with Crippen LogP contribution in [0.1, 0.15) is 21.8 Å². The van der Waals surface area contributed by atoms with Gasteiger partial charge in [0.05, 0.1) is 27.8 Å². The smallest absolute Gasteiger partial charge is 0.253 e. The van der Waals surface area contributed by atoms with Crippen molar-refractivity contribution in [3.8, 4) is 0 Å². The Labute approximate surface area is 119 Å². The standard InChI is InChI=1S/C12H11Cl2N3O2/c1-6-2-8(19-17-6)5-16-12(18)9-3-7(15)4-10(13)11(9)14/h2-4H,5,15H2,1H3,(H,16,18). The molecule has 0 saturated carbocycles. The molecule has 1 aromatic heterocycles. The fourth-order valence-corrected chi connectivity index (χ4v) is 1.96. The summed E-state index contributed by atoms with van der Waals surface area (Å²) in [6.07, 6.45) is 0. The molecule has 1 amide bonds. The number of nitrogens with two attached hydrogens (primary N) is 1. The molecule has 0 bridgehead atoms. The summed E-state index contributed by atoms with van der Waals surface area (Å²) in [6.45, 7) is 2.01. The lowest BCUT2D eigenvalue weighted by atomic mass is 10.2. The van der Waals surface area contributed by atoms with Gasteiger partial charge in [0.15, 0.2) is 5.76 Å². The number of benzene rings is 1. The Balaban J connectivity index is 2.12. The number of nitrogen functional groups attached to an aromatic ring is 1. The van der Waals surface area contributed by atoms with E-state index in [0.717, 1.165) is 5.69 Å². The van der Waals surface area contributed by atoms with Crippen molar-refractivity contribution in [1.29, 1.82) is 0 Å². The van der Waals surface area contributed by atoms with E-state index in [9.17, 15) is 4.79 Å². The first-order valence-corrected chi connectivity index (χ1v) is 6.18. The van der Waals surface area contributed by atoms with Crippen molar-refractivity contribution in [1.82, 2.24) is 10.5 Å². The number of carbonyl (C=O) groups is 1. The Morgan fingerprint density at radius 2 is 2.16 bits per heavy atom. The second kappa shape index (κ2) is 5.50. The maximum atomic E-state index is 12.0. The molecule has 0 aliphatic carbocycles. The Hall–Kier alpha value is -1.72. The van der Waals surface area contributed by atoms with Crippen LogP contribution in [0.25, 0.3) is 0 Å². The van der Waals surface area contributed by atoms with Crippen LogP contribution >= 0.6 is 23.2 Å². The Bertz CT molecular complexity index is 625. The van der Waals surface area contributed by atoms with Crippen LogP contribution in [-0.2, 0) is 6.54 Å². The summed E-state index contributed by atoms with van der Waals surface area (Å²) in [7, 11) is 0. The third-order valence-electron chi connectivity index (χ3n) is 2.40. The minimum absolute atomic E-state index is 0.169. The normalized spacial score (nSPS) is 10.5. The van der Waals surface area contributed by atoms with Crippen molar-refractivity contribution in [3.63, 3.8) is 0 Å². The maximum absolute atomic E-state index is 12.0. The van der Waals surface area contributed by atoms with E-state index >= 15 is 0 Å². The second-order valence-corrected chi connectivity index (χ2v) is 4.77. The van der Waals surface area contributed by atoms with Crippen molar-refractivity contribution < 1.29 is 9.32 Å². The zero-order valence-electron chi connectivity index (χ0n) is 10.0. The lowest BCUT2D eigenvalue weighted by molar-refractivity contribution is 0.0947. The fraction of sp³-hybridized carbons (Fsp3) is 0.167. The van der Waals surface area contributed by atoms with Crippen LogP contribution in [0.5, 0.6) is 0 Å². The van der Waals surface area contributed by atoms with Gasteiger partial charge in [-0.25, -0.2) is 0 Å². The number of aryl methyl sites for hydroxylation is 1. The average molecular weight is 300 g/mol. The summed E-state index contributed by atoms with van der Waals surface area (Å²) in [5.74, 6) is 0.172. The first-order chi connectivity index (χ1) is 8.97. The predicted molar refractivity (Wildman–Crippen MR) is 73.3 cm³/mol. The Morgan fingerprint density at radius 1 is 1.42 bits per heavy atom. The van der Waals surface area contributed by atoms with Crippen molar-refractivity contribution >= 4 is 34.8 Å². The average Bonchev–Trinajstić information content (AvgIpc) is 2.76. The van der Waals surface area contributed by atoms with E-state index in [0.29, 0.717) is 11.4 Å². The van der Waals surface area contributed by atoms with Crippen LogP contribution in [-0.4, -0.2) is 11.1 Å². The van der Waals surface area contributed by atoms with Gasteiger partial charge >= 0.3 is 0 Å². The molecule has 2 aromatic rings. The molecular weight excluding hydrogens is 289 g/mol. The minimum atomic E-state index is -0.381. The van der Waals surface area contributed by atoms with E-state index in [1.54, 1.807) is 13.0 Å². The van der Waals surface area contributed by atoms with Gasteiger partial charge in [-0.15, -0.1) is 0 Å². The van der Waals surface area contributed by atoms with Crippen LogP contribution < -0.4 is 11.1 Å². The van der Waals surface area contributed by atoms with E-state index in [1.165, 1.54) is 12.1 Å². The van der Waals surface area contributed by atoms with E-state index in [2.05, 4.69) is 10.5 Å². The lowest BCUT2D eigenvalue weighted by Crippen LogP contribution is -2.23. The Morgan fingerprint density at radius 3 is 2.79 bits per heavy atom. The van der Waals surface area contributed by atoms with Crippen molar-refractivity contribution in [2.75, 3.05) is 5.73 Å². The van der Waals surface area contributed by atoms with Crippen molar-refractivity contribution in [2.24, 2.45) is 0 Å². The molecule has 100 valence electrons. The Kier molecular flexibility index (Phi) is 3.97. The predicted octanol–water partition coefficient (Wildman–Crippen LogP) is 2.80. The number of amides is 1. The number of halogens is 2. The lowest BCUT2D eigenvalue weighted by Gasteiger charge is -2.07. The van der Waals surface area contributed by atoms with E-state index in [1.807, 2.05) is 0 Å². The number of aromatic nitrogens is 1. The van der Waals surface area contributed by atoms with Gasteiger partial charge in [0.1, 0.15) is 0 Å². The molecule has 2 rings (SSSR count). The monoisotopic (exact) mass is 299 g/mol. The molecule has 0 aliphatic heterocycles. The molecule has 1 aromatic carbocycles. The first-order valence-electron chi connectivity index (χ1n) is 5.42. The molecular formula is C12H11Cl2N3O2. The third-order valence-corrected chi connectivity index (χ3v) is 3.20. The summed E-state index contributed by atoms with van der Waals surface area (Å²) < 4.78 is 4.98. The van der Waals surface area contributed by atoms with Gasteiger partial charge in [0, 0.05) is 11.8 Å². The fourth-order valence-electron chi connectivity index (χ4n) is 1.54. The number of nitrogens with zero attached hydrogens (tertiary/aromatic N) is 1. The van der Waals surface area contributed by atoms with Crippen LogP contribution in [0, 0.1) is 6.92 Å². The van der Waals surface area contributed by atoms with Crippen molar-refractivity contribution in [2.45, 2.75) is 13.5 Å². The molecule has 3 N–H and O–H groups in total. The van der Waals surface area contributed by atoms with Crippen LogP contribution in [0.15, 0.2) is 22.7 Å². The summed E-state index contributed by atoms with van der Waals surface area (Å²) in [5, 5.41) is 6.78. The molecule has 0 spiro atoms. The summed E-state index contributed by atoms with van der Waals surface area (Å²) in [6, 6.07) is 4.68. The number of anilines is 1. The quantitative estimate of drug-likeness (QED) is 0.854. The molecule has 7 heteroatoms. The highest BCUT2D eigenvalue weighted by molar-refractivity contribution is 6.44. The van der Waals surface area contributed by atoms with Gasteiger partial charge in [-0.2, -0.15) is 0 Å². The minimum Gasteiger partial charge on any atom is -0.399 e. The van der Waals surface area contributed by atoms with Gasteiger partial charge in [0.2, 0.25) is 0 Å². The molecule has 0 radical (unpaired) electrons. The molecule has 1 heterocycles. The first kappa shape index (κ1) is 13.7. The van der Waals surface area contributed by atoms with Crippen molar-refractivity contribution in [3.05, 3.63) is 45.3 Å². The van der Waals surface area contributed by atoms with E-state index in [-0.39, 0.29) is 28.1 Å². The van der Waals surface area contributed by atoms with Gasteiger partial charge in [-0.1, -0.05) is 28.4 Å². The van der Waals surface area contributed by atoms with E-state index in [4.69, 9.17) is 33.5 Å². The SMILES string of the molecule is Cc1cc(CNC(=O)c2cc(N)cc(Cl)c2Cl)on1. The van der Waals surface area contributed by atoms with Crippen LogP contribution in [0.3, 0.4) is 0 Å². The summed E-state index contributed by atoms with van der Waals surface area (Å²) >= 11 is 11.8. The highest BCUT2D eigenvalue weighted by atomic mass is 35.5. The van der Waals surface area contributed by atoms with Gasteiger partial charge < -0.3 is 15.6 Å².